The number of carbonyl (C=O) groups is 2. The van der Waals surface area contributed by atoms with Gasteiger partial charge in [-0.1, -0.05) is 13.3 Å². The first kappa shape index (κ1) is 16.2. The number of unbranched alkanes of at least 4 members (excludes halogenated alkanes) is 1. The second-order valence-corrected chi connectivity index (χ2v) is 5.78. The third kappa shape index (κ3) is 4.68. The van der Waals surface area contributed by atoms with Crippen LogP contribution in [0.5, 0.6) is 0 Å². The van der Waals surface area contributed by atoms with E-state index in [2.05, 4.69) is 12.2 Å². The number of hydrogen-bond donors (Lipinski definition) is 1. The molecule has 0 aliphatic carbocycles. The van der Waals surface area contributed by atoms with E-state index in [4.69, 9.17) is 4.74 Å². The summed E-state index contributed by atoms with van der Waals surface area (Å²) in [5, 5.41) is 3.25. The SMILES string of the molecule is CCCCOC(=O)CN1CCCC1C(=O)N1CCNCC1. The van der Waals surface area contributed by atoms with Gasteiger partial charge in [-0.05, 0) is 25.8 Å². The van der Waals surface area contributed by atoms with E-state index < -0.39 is 0 Å². The summed E-state index contributed by atoms with van der Waals surface area (Å²) in [5.74, 6) is -0.0289. The third-order valence-electron chi connectivity index (χ3n) is 4.17. The van der Waals surface area contributed by atoms with E-state index in [1.54, 1.807) is 0 Å². The van der Waals surface area contributed by atoms with Gasteiger partial charge in [-0.15, -0.1) is 0 Å². The molecule has 0 radical (unpaired) electrons. The Bertz CT molecular complexity index is 356. The van der Waals surface area contributed by atoms with E-state index in [0.717, 1.165) is 58.4 Å². The molecule has 0 aromatic rings. The average molecular weight is 297 g/mol. The van der Waals surface area contributed by atoms with Crippen molar-refractivity contribution < 1.29 is 14.3 Å². The molecule has 0 saturated carbocycles. The minimum absolute atomic E-state index is 0.137. The quantitative estimate of drug-likeness (QED) is 0.561. The van der Waals surface area contributed by atoms with E-state index in [0.29, 0.717) is 6.61 Å². The first-order valence-corrected chi connectivity index (χ1v) is 8.11. The lowest BCUT2D eigenvalue weighted by atomic mass is 10.1. The van der Waals surface area contributed by atoms with Gasteiger partial charge in [0.25, 0.3) is 0 Å². The number of nitrogens with one attached hydrogen (secondary N) is 1. The summed E-state index contributed by atoms with van der Waals surface area (Å²) >= 11 is 0. The summed E-state index contributed by atoms with van der Waals surface area (Å²) in [7, 11) is 0. The van der Waals surface area contributed by atoms with Gasteiger partial charge in [0.15, 0.2) is 0 Å². The first-order chi connectivity index (χ1) is 10.2. The van der Waals surface area contributed by atoms with Gasteiger partial charge in [0.1, 0.15) is 0 Å². The molecular weight excluding hydrogens is 270 g/mol. The average Bonchev–Trinajstić information content (AvgIpc) is 2.95. The van der Waals surface area contributed by atoms with Gasteiger partial charge in [-0.3, -0.25) is 14.5 Å². The fraction of sp³-hybridized carbons (Fsp3) is 0.867. The molecule has 120 valence electrons. The molecule has 2 aliphatic heterocycles. The van der Waals surface area contributed by atoms with Crippen LogP contribution in [0.4, 0.5) is 0 Å². The highest BCUT2D eigenvalue weighted by atomic mass is 16.5. The van der Waals surface area contributed by atoms with Crippen molar-refractivity contribution in [3.05, 3.63) is 0 Å². The van der Waals surface area contributed by atoms with Gasteiger partial charge in [0, 0.05) is 26.2 Å². The molecule has 2 fully saturated rings. The molecule has 0 aromatic heterocycles. The number of likely N-dealkylation sites (tertiary alicyclic amines) is 1. The topological polar surface area (TPSA) is 61.9 Å². The van der Waals surface area contributed by atoms with Gasteiger partial charge >= 0.3 is 5.97 Å². The van der Waals surface area contributed by atoms with Crippen LogP contribution in [0.1, 0.15) is 32.6 Å². The maximum absolute atomic E-state index is 12.6. The fourth-order valence-electron chi connectivity index (χ4n) is 2.93. The summed E-state index contributed by atoms with van der Waals surface area (Å²) in [6.45, 7) is 6.86. The lowest BCUT2D eigenvalue weighted by molar-refractivity contribution is -0.146. The van der Waals surface area contributed by atoms with Crippen LogP contribution in [-0.2, 0) is 14.3 Å². The van der Waals surface area contributed by atoms with Crippen molar-refractivity contribution >= 4 is 11.9 Å². The zero-order valence-electron chi connectivity index (χ0n) is 13.0. The number of ether oxygens (including phenoxy) is 1. The molecule has 0 spiro atoms. The second kappa shape index (κ2) is 8.34. The number of amides is 1. The van der Waals surface area contributed by atoms with E-state index >= 15 is 0 Å². The fourth-order valence-corrected chi connectivity index (χ4v) is 2.93. The van der Waals surface area contributed by atoms with Crippen molar-refractivity contribution in [3.8, 4) is 0 Å². The van der Waals surface area contributed by atoms with E-state index in [-0.39, 0.29) is 24.5 Å². The molecule has 0 aromatic carbocycles. The van der Waals surface area contributed by atoms with Crippen molar-refractivity contribution in [1.82, 2.24) is 15.1 Å². The number of rotatable bonds is 6. The van der Waals surface area contributed by atoms with Gasteiger partial charge in [0.05, 0.1) is 19.2 Å². The Labute approximate surface area is 126 Å². The molecule has 1 atom stereocenters. The van der Waals surface area contributed by atoms with Crippen LogP contribution in [0.2, 0.25) is 0 Å². The Balaban J connectivity index is 1.81. The van der Waals surface area contributed by atoms with Crippen molar-refractivity contribution in [2.24, 2.45) is 0 Å². The second-order valence-electron chi connectivity index (χ2n) is 5.78. The molecule has 1 unspecified atom stereocenters. The predicted molar refractivity (Wildman–Crippen MR) is 79.9 cm³/mol. The maximum Gasteiger partial charge on any atom is 0.320 e. The zero-order chi connectivity index (χ0) is 15.1. The van der Waals surface area contributed by atoms with Crippen LogP contribution >= 0.6 is 0 Å². The first-order valence-electron chi connectivity index (χ1n) is 8.11. The predicted octanol–water partition coefficient (Wildman–Crippen LogP) is 0.226. The van der Waals surface area contributed by atoms with E-state index in [9.17, 15) is 9.59 Å². The minimum Gasteiger partial charge on any atom is -0.465 e. The maximum atomic E-state index is 12.6. The molecule has 0 bridgehead atoms. The summed E-state index contributed by atoms with van der Waals surface area (Å²) in [6.07, 6.45) is 3.74. The molecule has 2 aliphatic rings. The molecule has 1 amide bonds. The summed E-state index contributed by atoms with van der Waals surface area (Å²) < 4.78 is 5.20. The standard InChI is InChI=1S/C15H27N3O3/c1-2-3-11-21-14(19)12-18-8-4-5-13(18)15(20)17-9-6-16-7-10-17/h13,16H,2-12H2,1H3. The summed E-state index contributed by atoms with van der Waals surface area (Å²) in [6, 6.07) is -0.137. The molecular formula is C15H27N3O3. The normalized spacial score (nSPS) is 23.3. The van der Waals surface area contributed by atoms with Crippen LogP contribution in [0.3, 0.4) is 0 Å². The Morgan fingerprint density at radius 2 is 2.00 bits per heavy atom. The number of piperazine rings is 1. The molecule has 2 saturated heterocycles. The summed E-state index contributed by atoms with van der Waals surface area (Å²) in [5.41, 5.74) is 0. The number of hydrogen-bond acceptors (Lipinski definition) is 5. The van der Waals surface area contributed by atoms with E-state index in [1.165, 1.54) is 0 Å². The molecule has 21 heavy (non-hydrogen) atoms. The lowest BCUT2D eigenvalue weighted by Crippen LogP contribution is -2.53. The molecule has 6 nitrogen and oxygen atoms in total. The Morgan fingerprint density at radius 1 is 1.24 bits per heavy atom. The monoisotopic (exact) mass is 297 g/mol. The Hall–Kier alpha value is -1.14. The Kier molecular flexibility index (Phi) is 6.45. The van der Waals surface area contributed by atoms with Crippen molar-refractivity contribution in [1.29, 1.82) is 0 Å². The van der Waals surface area contributed by atoms with Gasteiger partial charge < -0.3 is 15.0 Å². The number of esters is 1. The molecule has 6 heteroatoms. The zero-order valence-corrected chi connectivity index (χ0v) is 13.0. The smallest absolute Gasteiger partial charge is 0.320 e. The highest BCUT2D eigenvalue weighted by Crippen LogP contribution is 2.19. The van der Waals surface area contributed by atoms with Gasteiger partial charge in [-0.2, -0.15) is 0 Å². The van der Waals surface area contributed by atoms with Crippen LogP contribution in [0.15, 0.2) is 0 Å². The van der Waals surface area contributed by atoms with Crippen LogP contribution in [0.25, 0.3) is 0 Å². The highest BCUT2D eigenvalue weighted by molar-refractivity contribution is 5.83. The highest BCUT2D eigenvalue weighted by Gasteiger charge is 2.35. The van der Waals surface area contributed by atoms with Gasteiger partial charge in [-0.25, -0.2) is 0 Å². The Morgan fingerprint density at radius 3 is 2.71 bits per heavy atom. The molecule has 2 rings (SSSR count). The third-order valence-corrected chi connectivity index (χ3v) is 4.17. The molecule has 2 heterocycles. The summed E-state index contributed by atoms with van der Waals surface area (Å²) in [4.78, 5) is 28.3. The van der Waals surface area contributed by atoms with Crippen LogP contribution in [-0.4, -0.2) is 73.6 Å². The lowest BCUT2D eigenvalue weighted by Gasteiger charge is -2.32. The van der Waals surface area contributed by atoms with Crippen molar-refractivity contribution in [3.63, 3.8) is 0 Å². The largest absolute Gasteiger partial charge is 0.465 e. The van der Waals surface area contributed by atoms with Crippen molar-refractivity contribution in [2.45, 2.75) is 38.6 Å². The van der Waals surface area contributed by atoms with Crippen molar-refractivity contribution in [2.75, 3.05) is 45.9 Å². The van der Waals surface area contributed by atoms with E-state index in [1.807, 2.05) is 9.80 Å². The minimum atomic E-state index is -0.205. The van der Waals surface area contributed by atoms with Gasteiger partial charge in [0.2, 0.25) is 5.91 Å². The number of carbonyl (C=O) groups excluding carboxylic acids is 2. The van der Waals surface area contributed by atoms with Crippen LogP contribution < -0.4 is 5.32 Å². The number of nitrogens with zero attached hydrogens (tertiary/aromatic N) is 2. The molecule has 1 N–H and O–H groups in total. The van der Waals surface area contributed by atoms with Crippen LogP contribution in [0, 0.1) is 0 Å².